The van der Waals surface area contributed by atoms with E-state index in [9.17, 15) is 4.79 Å². The highest BCUT2D eigenvalue weighted by atomic mass is 28.3. The molecule has 5 nitrogen and oxygen atoms in total. The SMILES string of the molecule is C[Si](C)(C)C#Cc1ccc(N2CC3(CCOC3)OCC2=O)cn1. The molecule has 1 atom stereocenters. The lowest BCUT2D eigenvalue weighted by molar-refractivity contribution is -0.138. The third-order valence-electron chi connectivity index (χ3n) is 3.94. The van der Waals surface area contributed by atoms with Gasteiger partial charge in [-0.1, -0.05) is 25.6 Å². The average molecular weight is 330 g/mol. The Bertz CT molecular complexity index is 649. The summed E-state index contributed by atoms with van der Waals surface area (Å²) in [7, 11) is -1.41. The summed E-state index contributed by atoms with van der Waals surface area (Å²) in [5.74, 6) is 3.09. The van der Waals surface area contributed by atoms with E-state index >= 15 is 0 Å². The minimum absolute atomic E-state index is 0.0368. The minimum Gasteiger partial charge on any atom is -0.378 e. The number of morpholine rings is 1. The number of hydrogen-bond donors (Lipinski definition) is 0. The first-order valence-electron chi connectivity index (χ1n) is 7.88. The Kier molecular flexibility index (Phi) is 4.28. The molecule has 6 heteroatoms. The van der Waals surface area contributed by atoms with Gasteiger partial charge in [-0.2, -0.15) is 0 Å². The normalized spacial score (nSPS) is 24.7. The number of ether oxygens (including phenoxy) is 2. The second kappa shape index (κ2) is 6.08. The number of anilines is 1. The van der Waals surface area contributed by atoms with Crippen molar-refractivity contribution in [3.63, 3.8) is 0 Å². The first kappa shape index (κ1) is 16.2. The molecule has 3 heterocycles. The molecule has 0 N–H and O–H groups in total. The number of aromatic nitrogens is 1. The van der Waals surface area contributed by atoms with Crippen LogP contribution in [0.25, 0.3) is 0 Å². The molecule has 122 valence electrons. The Hall–Kier alpha value is -1.68. The molecule has 0 aromatic carbocycles. The van der Waals surface area contributed by atoms with Gasteiger partial charge in [0.2, 0.25) is 0 Å². The molecule has 2 saturated heterocycles. The van der Waals surface area contributed by atoms with Gasteiger partial charge < -0.3 is 14.4 Å². The summed E-state index contributed by atoms with van der Waals surface area (Å²) in [4.78, 5) is 18.3. The maximum absolute atomic E-state index is 12.2. The molecule has 2 fully saturated rings. The molecule has 1 aromatic heterocycles. The number of pyridine rings is 1. The van der Waals surface area contributed by atoms with Crippen LogP contribution in [0.4, 0.5) is 5.69 Å². The van der Waals surface area contributed by atoms with Gasteiger partial charge >= 0.3 is 0 Å². The van der Waals surface area contributed by atoms with Gasteiger partial charge in [-0.05, 0) is 12.1 Å². The van der Waals surface area contributed by atoms with Crippen molar-refractivity contribution in [1.29, 1.82) is 0 Å². The fourth-order valence-corrected chi connectivity index (χ4v) is 3.15. The standard InChI is InChI=1S/C17H22N2O3Si/c1-23(2,3)9-6-14-4-5-15(10-18-14)19-12-17(7-8-21-13-17)22-11-16(19)20/h4-5,10H,7-8,11-13H2,1-3H3. The van der Waals surface area contributed by atoms with Gasteiger partial charge in [0.25, 0.3) is 5.91 Å². The van der Waals surface area contributed by atoms with Crippen LogP contribution in [-0.2, 0) is 14.3 Å². The van der Waals surface area contributed by atoms with Crippen molar-refractivity contribution in [1.82, 2.24) is 4.98 Å². The monoisotopic (exact) mass is 330 g/mol. The molecule has 0 saturated carbocycles. The highest BCUT2D eigenvalue weighted by molar-refractivity contribution is 6.83. The van der Waals surface area contributed by atoms with E-state index < -0.39 is 8.07 Å². The van der Waals surface area contributed by atoms with E-state index in [-0.39, 0.29) is 18.1 Å². The molecule has 0 radical (unpaired) electrons. The van der Waals surface area contributed by atoms with Crippen LogP contribution in [0.2, 0.25) is 19.6 Å². The maximum Gasteiger partial charge on any atom is 0.253 e. The second-order valence-electron chi connectivity index (χ2n) is 7.16. The smallest absolute Gasteiger partial charge is 0.253 e. The van der Waals surface area contributed by atoms with Crippen LogP contribution >= 0.6 is 0 Å². The van der Waals surface area contributed by atoms with E-state index in [1.807, 2.05) is 12.1 Å². The van der Waals surface area contributed by atoms with E-state index in [0.29, 0.717) is 19.8 Å². The Labute approximate surface area is 138 Å². The average Bonchev–Trinajstić information content (AvgIpc) is 2.96. The second-order valence-corrected chi connectivity index (χ2v) is 11.9. The molecule has 2 aliphatic heterocycles. The van der Waals surface area contributed by atoms with Crippen molar-refractivity contribution in [2.75, 3.05) is 31.3 Å². The van der Waals surface area contributed by atoms with Gasteiger partial charge in [0.15, 0.2) is 0 Å². The van der Waals surface area contributed by atoms with E-state index in [1.54, 1.807) is 11.1 Å². The molecule has 1 aromatic rings. The third-order valence-corrected chi connectivity index (χ3v) is 4.82. The molecule has 23 heavy (non-hydrogen) atoms. The Balaban J connectivity index is 1.77. The lowest BCUT2D eigenvalue weighted by atomic mass is 10.0. The number of carbonyl (C=O) groups excluding carboxylic acids is 1. The summed E-state index contributed by atoms with van der Waals surface area (Å²) >= 11 is 0. The molecule has 2 aliphatic rings. The maximum atomic E-state index is 12.2. The Morgan fingerprint density at radius 1 is 1.35 bits per heavy atom. The summed E-state index contributed by atoms with van der Waals surface area (Å²) in [5.41, 5.74) is 4.48. The van der Waals surface area contributed by atoms with E-state index in [4.69, 9.17) is 9.47 Å². The molecule has 1 spiro atoms. The summed E-state index contributed by atoms with van der Waals surface area (Å²) in [6, 6.07) is 3.79. The van der Waals surface area contributed by atoms with Crippen molar-refractivity contribution in [2.45, 2.75) is 31.7 Å². The fourth-order valence-electron chi connectivity index (χ4n) is 2.65. The van der Waals surface area contributed by atoms with Crippen molar-refractivity contribution in [3.05, 3.63) is 24.0 Å². The Morgan fingerprint density at radius 3 is 2.78 bits per heavy atom. The number of nitrogens with zero attached hydrogens (tertiary/aromatic N) is 2. The van der Waals surface area contributed by atoms with Crippen LogP contribution in [0.5, 0.6) is 0 Å². The van der Waals surface area contributed by atoms with Crippen molar-refractivity contribution in [3.8, 4) is 11.5 Å². The van der Waals surface area contributed by atoms with Gasteiger partial charge in [0.05, 0.1) is 25.0 Å². The third kappa shape index (κ3) is 3.81. The predicted octanol–water partition coefficient (Wildman–Crippen LogP) is 1.83. The number of carbonyl (C=O) groups is 1. The highest BCUT2D eigenvalue weighted by Crippen LogP contribution is 2.30. The molecule has 3 rings (SSSR count). The van der Waals surface area contributed by atoms with Crippen LogP contribution in [0.1, 0.15) is 12.1 Å². The summed E-state index contributed by atoms with van der Waals surface area (Å²) in [5, 5.41) is 0. The van der Waals surface area contributed by atoms with Gasteiger partial charge in [0, 0.05) is 13.0 Å². The van der Waals surface area contributed by atoms with Crippen molar-refractivity contribution >= 4 is 19.7 Å². The van der Waals surface area contributed by atoms with Crippen LogP contribution < -0.4 is 4.90 Å². The quantitative estimate of drug-likeness (QED) is 0.582. The first-order chi connectivity index (χ1) is 10.9. The van der Waals surface area contributed by atoms with Crippen LogP contribution in [0.15, 0.2) is 18.3 Å². The zero-order valence-corrected chi connectivity index (χ0v) is 14.9. The Morgan fingerprint density at radius 2 is 2.17 bits per heavy atom. The summed E-state index contributed by atoms with van der Waals surface area (Å²) in [6.07, 6.45) is 2.55. The molecule has 1 amide bonds. The highest BCUT2D eigenvalue weighted by Gasteiger charge is 2.43. The largest absolute Gasteiger partial charge is 0.378 e. The topological polar surface area (TPSA) is 51.7 Å². The van der Waals surface area contributed by atoms with Crippen molar-refractivity contribution in [2.24, 2.45) is 0 Å². The lowest BCUT2D eigenvalue weighted by Crippen LogP contribution is -2.55. The van der Waals surface area contributed by atoms with Gasteiger partial charge in [-0.25, -0.2) is 4.98 Å². The number of hydrogen-bond acceptors (Lipinski definition) is 4. The van der Waals surface area contributed by atoms with Crippen LogP contribution in [-0.4, -0.2) is 50.9 Å². The minimum atomic E-state index is -1.41. The van der Waals surface area contributed by atoms with E-state index in [0.717, 1.165) is 17.8 Å². The summed E-state index contributed by atoms with van der Waals surface area (Å²) in [6.45, 7) is 8.45. The van der Waals surface area contributed by atoms with E-state index in [2.05, 4.69) is 36.1 Å². The van der Waals surface area contributed by atoms with Gasteiger partial charge in [-0.15, -0.1) is 5.54 Å². The fraction of sp³-hybridized carbons (Fsp3) is 0.529. The van der Waals surface area contributed by atoms with Crippen LogP contribution in [0.3, 0.4) is 0 Å². The zero-order chi connectivity index (χ0) is 16.5. The van der Waals surface area contributed by atoms with E-state index in [1.165, 1.54) is 0 Å². The van der Waals surface area contributed by atoms with Crippen LogP contribution in [0, 0.1) is 11.5 Å². The molecular formula is C17H22N2O3Si. The number of amides is 1. The molecule has 0 aliphatic carbocycles. The molecule has 1 unspecified atom stereocenters. The molecule has 0 bridgehead atoms. The molecular weight excluding hydrogens is 308 g/mol. The van der Waals surface area contributed by atoms with Gasteiger partial charge in [-0.3, -0.25) is 4.79 Å². The first-order valence-corrected chi connectivity index (χ1v) is 11.4. The number of rotatable bonds is 1. The summed E-state index contributed by atoms with van der Waals surface area (Å²) < 4.78 is 11.2. The van der Waals surface area contributed by atoms with Crippen molar-refractivity contribution < 1.29 is 14.3 Å². The zero-order valence-electron chi connectivity index (χ0n) is 13.9. The lowest BCUT2D eigenvalue weighted by Gasteiger charge is -2.38. The van der Waals surface area contributed by atoms with Gasteiger partial charge in [0.1, 0.15) is 26.0 Å². The predicted molar refractivity (Wildman–Crippen MR) is 90.9 cm³/mol.